The van der Waals surface area contributed by atoms with E-state index >= 15 is 0 Å². The van der Waals surface area contributed by atoms with Crippen LogP contribution in [0, 0.1) is 11.3 Å². The third-order valence-electron chi connectivity index (χ3n) is 4.50. The van der Waals surface area contributed by atoms with E-state index < -0.39 is 0 Å². The first-order chi connectivity index (χ1) is 8.63. The monoisotopic (exact) mass is 242 g/mol. The lowest BCUT2D eigenvalue weighted by Crippen LogP contribution is -2.27. The molecule has 0 bridgehead atoms. The van der Waals surface area contributed by atoms with Gasteiger partial charge in [-0.05, 0) is 41.7 Å². The summed E-state index contributed by atoms with van der Waals surface area (Å²) in [7, 11) is 0. The fourth-order valence-electron chi connectivity index (χ4n) is 3.01. The quantitative estimate of drug-likeness (QED) is 0.635. The van der Waals surface area contributed by atoms with Crippen molar-refractivity contribution >= 4 is 5.57 Å². The molecule has 0 radical (unpaired) electrons. The van der Waals surface area contributed by atoms with E-state index in [-0.39, 0.29) is 0 Å². The summed E-state index contributed by atoms with van der Waals surface area (Å²) in [5, 5.41) is 0. The Morgan fingerprint density at radius 1 is 1.17 bits per heavy atom. The first kappa shape index (κ1) is 13.4. The van der Waals surface area contributed by atoms with Crippen molar-refractivity contribution in [3.63, 3.8) is 0 Å². The second kappa shape index (κ2) is 5.73. The molecule has 0 aromatic heterocycles. The van der Waals surface area contributed by atoms with Crippen LogP contribution in [0.4, 0.5) is 0 Å². The molecule has 1 aliphatic carbocycles. The van der Waals surface area contributed by atoms with Crippen molar-refractivity contribution in [2.24, 2.45) is 11.3 Å². The van der Waals surface area contributed by atoms with Crippen LogP contribution in [-0.4, -0.2) is 0 Å². The Hall–Kier alpha value is -1.04. The lowest BCUT2D eigenvalue weighted by Gasteiger charge is -2.38. The van der Waals surface area contributed by atoms with Gasteiger partial charge in [0.2, 0.25) is 0 Å². The zero-order valence-electron chi connectivity index (χ0n) is 12.1. The maximum atomic E-state index is 2.47. The largest absolute Gasteiger partial charge is 0.0802 e. The van der Waals surface area contributed by atoms with Gasteiger partial charge in [0, 0.05) is 0 Å². The minimum atomic E-state index is 0.480. The molecule has 98 valence electrons. The van der Waals surface area contributed by atoms with Crippen molar-refractivity contribution in [2.45, 2.75) is 52.9 Å². The predicted octanol–water partition coefficient (Wildman–Crippen LogP) is 5.70. The lowest BCUT2D eigenvalue weighted by molar-refractivity contribution is 0.193. The van der Waals surface area contributed by atoms with E-state index in [2.05, 4.69) is 57.2 Å². The van der Waals surface area contributed by atoms with Gasteiger partial charge < -0.3 is 0 Å². The molecule has 18 heavy (non-hydrogen) atoms. The Labute approximate surface area is 112 Å². The molecule has 2 rings (SSSR count). The highest BCUT2D eigenvalue weighted by Crippen LogP contribution is 2.45. The maximum Gasteiger partial charge on any atom is -0.0228 e. The molecule has 0 heterocycles. The molecule has 0 spiro atoms. The Morgan fingerprint density at radius 2 is 1.89 bits per heavy atom. The van der Waals surface area contributed by atoms with Crippen LogP contribution in [0.25, 0.3) is 5.57 Å². The zero-order chi connectivity index (χ0) is 13.0. The van der Waals surface area contributed by atoms with Crippen molar-refractivity contribution in [1.82, 2.24) is 0 Å². The van der Waals surface area contributed by atoms with E-state index in [0.717, 1.165) is 5.92 Å². The molecule has 0 aliphatic heterocycles. The fourth-order valence-corrected chi connectivity index (χ4v) is 3.01. The smallest absolute Gasteiger partial charge is 0.0228 e. The molecule has 0 fully saturated rings. The van der Waals surface area contributed by atoms with Gasteiger partial charge >= 0.3 is 0 Å². The fraction of sp³-hybridized carbons (Fsp3) is 0.556. The number of hydrogen-bond donors (Lipinski definition) is 0. The topological polar surface area (TPSA) is 0 Å². The van der Waals surface area contributed by atoms with Gasteiger partial charge in [-0.1, -0.05) is 70.0 Å². The van der Waals surface area contributed by atoms with Crippen LogP contribution >= 0.6 is 0 Å². The van der Waals surface area contributed by atoms with Crippen LogP contribution in [0.1, 0.15) is 58.4 Å². The van der Waals surface area contributed by atoms with Crippen molar-refractivity contribution in [2.75, 3.05) is 0 Å². The molecule has 0 nitrogen and oxygen atoms in total. The maximum absolute atomic E-state index is 2.47. The summed E-state index contributed by atoms with van der Waals surface area (Å²) in [6.45, 7) is 7.17. The van der Waals surface area contributed by atoms with E-state index in [1.165, 1.54) is 37.7 Å². The van der Waals surface area contributed by atoms with Crippen LogP contribution in [0.2, 0.25) is 0 Å². The SMILES string of the molecule is CCCCC1CC(c2ccccc2)=CCC1(C)C. The van der Waals surface area contributed by atoms with Crippen molar-refractivity contribution in [1.29, 1.82) is 0 Å². The first-order valence-corrected chi connectivity index (χ1v) is 7.38. The van der Waals surface area contributed by atoms with Gasteiger partial charge in [-0.25, -0.2) is 0 Å². The standard InChI is InChI=1S/C18H26/c1-4-5-11-17-14-16(12-13-18(17,2)3)15-9-7-6-8-10-15/h6-10,12,17H,4-5,11,13-14H2,1-3H3. The Balaban J connectivity index is 2.14. The molecule has 0 saturated carbocycles. The van der Waals surface area contributed by atoms with Gasteiger partial charge in [-0.3, -0.25) is 0 Å². The van der Waals surface area contributed by atoms with Gasteiger partial charge in [-0.2, -0.15) is 0 Å². The van der Waals surface area contributed by atoms with Gasteiger partial charge in [-0.15, -0.1) is 0 Å². The summed E-state index contributed by atoms with van der Waals surface area (Å²) in [5.74, 6) is 0.845. The van der Waals surface area contributed by atoms with Gasteiger partial charge in [0.25, 0.3) is 0 Å². The highest BCUT2D eigenvalue weighted by atomic mass is 14.4. The molecule has 0 N–H and O–H groups in total. The molecule has 0 heteroatoms. The van der Waals surface area contributed by atoms with Crippen molar-refractivity contribution in [3.8, 4) is 0 Å². The molecule has 1 aliphatic rings. The van der Waals surface area contributed by atoms with Gasteiger partial charge in [0.15, 0.2) is 0 Å². The highest BCUT2D eigenvalue weighted by Gasteiger charge is 2.32. The second-order valence-electron chi connectivity index (χ2n) is 6.33. The number of benzene rings is 1. The van der Waals surface area contributed by atoms with Crippen LogP contribution in [0.5, 0.6) is 0 Å². The third kappa shape index (κ3) is 3.04. The van der Waals surface area contributed by atoms with E-state index in [4.69, 9.17) is 0 Å². The van der Waals surface area contributed by atoms with Crippen LogP contribution in [-0.2, 0) is 0 Å². The molecular formula is C18H26. The number of rotatable bonds is 4. The summed E-state index contributed by atoms with van der Waals surface area (Å²) >= 11 is 0. The van der Waals surface area contributed by atoms with Crippen molar-refractivity contribution < 1.29 is 0 Å². The number of hydrogen-bond acceptors (Lipinski definition) is 0. The lowest BCUT2D eigenvalue weighted by atomic mass is 9.67. The average Bonchev–Trinajstić information content (AvgIpc) is 2.38. The molecule has 0 amide bonds. The van der Waals surface area contributed by atoms with Gasteiger partial charge in [0.05, 0.1) is 0 Å². The highest BCUT2D eigenvalue weighted by molar-refractivity contribution is 5.66. The third-order valence-corrected chi connectivity index (χ3v) is 4.50. The molecule has 1 atom stereocenters. The zero-order valence-corrected chi connectivity index (χ0v) is 12.1. The summed E-state index contributed by atoms with van der Waals surface area (Å²) in [6.07, 6.45) is 9.03. The Morgan fingerprint density at radius 3 is 2.56 bits per heavy atom. The minimum Gasteiger partial charge on any atom is -0.0802 e. The first-order valence-electron chi connectivity index (χ1n) is 7.38. The van der Waals surface area contributed by atoms with Crippen LogP contribution in [0.15, 0.2) is 36.4 Å². The molecule has 1 aromatic carbocycles. The normalized spacial score (nSPS) is 22.6. The van der Waals surface area contributed by atoms with E-state index in [9.17, 15) is 0 Å². The van der Waals surface area contributed by atoms with Gasteiger partial charge in [0.1, 0.15) is 0 Å². The summed E-state index contributed by atoms with van der Waals surface area (Å²) in [5.41, 5.74) is 3.47. The van der Waals surface area contributed by atoms with Crippen LogP contribution < -0.4 is 0 Å². The number of allylic oxidation sites excluding steroid dienone is 2. The van der Waals surface area contributed by atoms with E-state index in [1.54, 1.807) is 5.57 Å². The van der Waals surface area contributed by atoms with Crippen molar-refractivity contribution in [3.05, 3.63) is 42.0 Å². The summed E-state index contributed by atoms with van der Waals surface area (Å²) in [6, 6.07) is 10.9. The molecular weight excluding hydrogens is 216 g/mol. The Bertz CT molecular complexity index is 397. The molecule has 0 saturated heterocycles. The van der Waals surface area contributed by atoms with E-state index in [0.29, 0.717) is 5.41 Å². The minimum absolute atomic E-state index is 0.480. The Kier molecular flexibility index (Phi) is 4.27. The van der Waals surface area contributed by atoms with E-state index in [1.807, 2.05) is 0 Å². The average molecular weight is 242 g/mol. The summed E-state index contributed by atoms with van der Waals surface area (Å²) < 4.78 is 0. The predicted molar refractivity (Wildman–Crippen MR) is 80.4 cm³/mol. The summed E-state index contributed by atoms with van der Waals surface area (Å²) in [4.78, 5) is 0. The number of unbranched alkanes of at least 4 members (excludes halogenated alkanes) is 1. The molecule has 1 aromatic rings. The van der Waals surface area contributed by atoms with Crippen LogP contribution in [0.3, 0.4) is 0 Å². The second-order valence-corrected chi connectivity index (χ2v) is 6.33. The molecule has 1 unspecified atom stereocenters.